The average Bonchev–Trinajstić information content (AvgIpc) is 3.28. The third kappa shape index (κ3) is 3.61. The average molecular weight is 480 g/mol. The van der Waals surface area contributed by atoms with Crippen LogP contribution in [-0.4, -0.2) is 4.57 Å². The van der Waals surface area contributed by atoms with Crippen molar-refractivity contribution in [2.45, 2.75) is 40.0 Å². The fourth-order valence-corrected chi connectivity index (χ4v) is 5.96. The molecule has 182 valence electrons. The van der Waals surface area contributed by atoms with E-state index in [4.69, 9.17) is 0 Å². The van der Waals surface area contributed by atoms with Crippen molar-refractivity contribution in [1.29, 1.82) is 0 Å². The number of fused-ring (bicyclic) bond motifs is 5. The van der Waals surface area contributed by atoms with Gasteiger partial charge in [-0.2, -0.15) is 0 Å². The highest BCUT2D eigenvalue weighted by Gasteiger charge is 2.23. The Bertz CT molecular complexity index is 1800. The molecule has 37 heavy (non-hydrogen) atoms. The Hall–Kier alpha value is -4.10. The van der Waals surface area contributed by atoms with E-state index in [1.807, 2.05) is 0 Å². The number of para-hydroxylation sites is 1. The van der Waals surface area contributed by atoms with Gasteiger partial charge in [-0.05, 0) is 77.6 Å². The maximum atomic E-state index is 4.14. The van der Waals surface area contributed by atoms with Gasteiger partial charge in [-0.1, -0.05) is 105 Å². The summed E-state index contributed by atoms with van der Waals surface area (Å²) in [7, 11) is 0. The normalized spacial score (nSPS) is 12.4. The van der Waals surface area contributed by atoms with Crippen LogP contribution in [0.2, 0.25) is 0 Å². The van der Waals surface area contributed by atoms with Gasteiger partial charge in [0.15, 0.2) is 0 Å². The van der Waals surface area contributed by atoms with E-state index in [1.165, 1.54) is 66.1 Å². The molecule has 1 heteroatoms. The van der Waals surface area contributed by atoms with Crippen LogP contribution in [0.3, 0.4) is 0 Å². The van der Waals surface area contributed by atoms with Crippen LogP contribution in [0.25, 0.3) is 55.0 Å². The number of aromatic nitrogens is 1. The molecule has 0 bridgehead atoms. The van der Waals surface area contributed by atoms with Gasteiger partial charge in [0.2, 0.25) is 0 Å². The second-order valence-electron chi connectivity index (χ2n) is 10.3. The van der Waals surface area contributed by atoms with Gasteiger partial charge in [0.1, 0.15) is 0 Å². The monoisotopic (exact) mass is 479 g/mol. The van der Waals surface area contributed by atoms with Crippen molar-refractivity contribution >= 4 is 38.2 Å². The smallest absolute Gasteiger partial charge is 0.0625 e. The molecule has 1 unspecified atom stereocenters. The fourth-order valence-electron chi connectivity index (χ4n) is 5.96. The number of allylic oxidation sites excluding steroid dienone is 1. The molecule has 1 aromatic heterocycles. The second-order valence-corrected chi connectivity index (χ2v) is 10.3. The summed E-state index contributed by atoms with van der Waals surface area (Å²) >= 11 is 0. The summed E-state index contributed by atoms with van der Waals surface area (Å²) in [5.41, 5.74) is 11.4. The van der Waals surface area contributed by atoms with Crippen molar-refractivity contribution in [2.24, 2.45) is 0 Å². The first-order valence-electron chi connectivity index (χ1n) is 13.3. The first-order chi connectivity index (χ1) is 18.0. The zero-order valence-electron chi connectivity index (χ0n) is 22.2. The lowest BCUT2D eigenvalue weighted by Gasteiger charge is -2.20. The Morgan fingerprint density at radius 2 is 1.41 bits per heavy atom. The molecule has 0 saturated heterocycles. The molecule has 0 fully saturated rings. The van der Waals surface area contributed by atoms with E-state index in [-0.39, 0.29) is 0 Å². The lowest BCUT2D eigenvalue weighted by Crippen LogP contribution is -1.99. The molecule has 1 heterocycles. The van der Waals surface area contributed by atoms with Gasteiger partial charge in [-0.25, -0.2) is 0 Å². The maximum Gasteiger partial charge on any atom is 0.0625 e. The minimum absolute atomic E-state index is 0.486. The van der Waals surface area contributed by atoms with Crippen LogP contribution in [0.4, 0.5) is 0 Å². The predicted molar refractivity (Wildman–Crippen MR) is 162 cm³/mol. The third-order valence-corrected chi connectivity index (χ3v) is 8.08. The Morgan fingerprint density at radius 3 is 2.11 bits per heavy atom. The zero-order valence-corrected chi connectivity index (χ0v) is 22.2. The Labute approximate surface area is 219 Å². The summed E-state index contributed by atoms with van der Waals surface area (Å²) in [6, 6.07) is 35.6. The number of hydrogen-bond donors (Lipinski definition) is 0. The molecule has 5 aromatic carbocycles. The van der Waals surface area contributed by atoms with Gasteiger partial charge in [0.05, 0.1) is 11.0 Å². The van der Waals surface area contributed by atoms with Gasteiger partial charge in [0.25, 0.3) is 0 Å². The molecule has 0 amide bonds. The van der Waals surface area contributed by atoms with Gasteiger partial charge in [-0.3, -0.25) is 0 Å². The van der Waals surface area contributed by atoms with Gasteiger partial charge in [-0.15, -0.1) is 0 Å². The highest BCUT2D eigenvalue weighted by Crippen LogP contribution is 2.46. The molecule has 0 aliphatic heterocycles. The Balaban J connectivity index is 1.84. The molecule has 0 saturated carbocycles. The summed E-state index contributed by atoms with van der Waals surface area (Å²) in [5.74, 6) is 0.486. The molecular weight excluding hydrogens is 446 g/mol. The standard InChI is InChI=1S/C36H33N/c1-6-24(4)28-13-7-9-15-30(28)34-25(5)29-14-8-10-16-31(29)36-35(34)32-17-11-12-18-33(32)37(36)27-21-19-26(20-22-27)23(2)3/h7-22,24H,2,6H2,1,3-5H3. The van der Waals surface area contributed by atoms with Crippen molar-refractivity contribution < 1.29 is 0 Å². The van der Waals surface area contributed by atoms with Crippen molar-refractivity contribution in [3.63, 3.8) is 0 Å². The lowest BCUT2D eigenvalue weighted by molar-refractivity contribution is 0.735. The van der Waals surface area contributed by atoms with Crippen molar-refractivity contribution in [3.8, 4) is 16.8 Å². The van der Waals surface area contributed by atoms with Gasteiger partial charge < -0.3 is 4.57 Å². The highest BCUT2D eigenvalue weighted by molar-refractivity contribution is 6.25. The molecule has 0 radical (unpaired) electrons. The van der Waals surface area contributed by atoms with Crippen molar-refractivity contribution in [1.82, 2.24) is 4.57 Å². The number of hydrogen-bond acceptors (Lipinski definition) is 0. The van der Waals surface area contributed by atoms with E-state index in [0.29, 0.717) is 5.92 Å². The number of rotatable bonds is 5. The number of nitrogens with zero attached hydrogens (tertiary/aromatic N) is 1. The van der Waals surface area contributed by atoms with E-state index in [0.717, 1.165) is 12.0 Å². The topological polar surface area (TPSA) is 4.93 Å². The first kappa shape index (κ1) is 23.3. The van der Waals surface area contributed by atoms with E-state index in [1.54, 1.807) is 0 Å². The molecule has 0 N–H and O–H groups in total. The molecule has 0 spiro atoms. The number of aryl methyl sites for hydroxylation is 1. The van der Waals surface area contributed by atoms with Gasteiger partial charge >= 0.3 is 0 Å². The van der Waals surface area contributed by atoms with Crippen LogP contribution >= 0.6 is 0 Å². The van der Waals surface area contributed by atoms with Gasteiger partial charge in [0, 0.05) is 21.8 Å². The SMILES string of the molecule is C=C(C)c1ccc(-n2c3ccccc3c3c(-c4ccccc4C(C)CC)c(C)c4ccccc4c32)cc1. The maximum absolute atomic E-state index is 4.14. The van der Waals surface area contributed by atoms with E-state index >= 15 is 0 Å². The predicted octanol–water partition coefficient (Wildman–Crippen LogP) is 10.5. The molecule has 6 rings (SSSR count). The van der Waals surface area contributed by atoms with Crippen LogP contribution < -0.4 is 0 Å². The van der Waals surface area contributed by atoms with E-state index in [2.05, 4.69) is 136 Å². The summed E-state index contributed by atoms with van der Waals surface area (Å²) in [4.78, 5) is 0. The van der Waals surface area contributed by atoms with Crippen molar-refractivity contribution in [2.75, 3.05) is 0 Å². The molecule has 1 atom stereocenters. The summed E-state index contributed by atoms with van der Waals surface area (Å²) in [5, 5.41) is 5.24. The zero-order chi connectivity index (χ0) is 25.7. The summed E-state index contributed by atoms with van der Waals surface area (Å²) < 4.78 is 2.46. The molecule has 6 aromatic rings. The Morgan fingerprint density at radius 1 is 0.784 bits per heavy atom. The van der Waals surface area contributed by atoms with Crippen LogP contribution in [0.5, 0.6) is 0 Å². The van der Waals surface area contributed by atoms with Crippen molar-refractivity contribution in [3.05, 3.63) is 120 Å². The fraction of sp³-hybridized carbons (Fsp3) is 0.167. The number of benzene rings is 5. The largest absolute Gasteiger partial charge is 0.309 e. The van der Waals surface area contributed by atoms with Crippen LogP contribution in [0.15, 0.2) is 104 Å². The van der Waals surface area contributed by atoms with Crippen LogP contribution in [0.1, 0.15) is 49.8 Å². The first-order valence-corrected chi connectivity index (χ1v) is 13.3. The molecular formula is C36H33N. The summed E-state index contributed by atoms with van der Waals surface area (Å²) in [6.45, 7) is 13.1. The van der Waals surface area contributed by atoms with E-state index < -0.39 is 0 Å². The minimum Gasteiger partial charge on any atom is -0.309 e. The second kappa shape index (κ2) is 9.09. The summed E-state index contributed by atoms with van der Waals surface area (Å²) in [6.07, 6.45) is 1.11. The third-order valence-electron chi connectivity index (χ3n) is 8.08. The Kier molecular flexibility index (Phi) is 5.72. The minimum atomic E-state index is 0.486. The van der Waals surface area contributed by atoms with Crippen LogP contribution in [-0.2, 0) is 0 Å². The lowest BCUT2D eigenvalue weighted by atomic mass is 9.84. The quantitative estimate of drug-likeness (QED) is 0.232. The van der Waals surface area contributed by atoms with E-state index in [9.17, 15) is 0 Å². The molecule has 0 aliphatic carbocycles. The van der Waals surface area contributed by atoms with Crippen LogP contribution in [0, 0.1) is 6.92 Å². The highest BCUT2D eigenvalue weighted by atomic mass is 15.0. The molecule has 1 nitrogen and oxygen atoms in total. The molecule has 0 aliphatic rings.